The van der Waals surface area contributed by atoms with E-state index in [0.29, 0.717) is 36.2 Å². The maximum absolute atomic E-state index is 12.4. The molecule has 6 nitrogen and oxygen atoms in total. The molecule has 138 valence electrons. The van der Waals surface area contributed by atoms with Crippen molar-refractivity contribution in [3.05, 3.63) is 64.8 Å². The minimum absolute atomic E-state index is 0.0284. The van der Waals surface area contributed by atoms with Gasteiger partial charge in [-0.2, -0.15) is 4.98 Å². The molecule has 3 aromatic rings. The molecule has 0 saturated heterocycles. The normalized spacial score (nSPS) is 13.5. The molecule has 0 bridgehead atoms. The number of halogens is 1. The maximum atomic E-state index is 12.4. The van der Waals surface area contributed by atoms with Crippen molar-refractivity contribution in [3.8, 4) is 16.9 Å². The van der Waals surface area contributed by atoms with Crippen LogP contribution in [-0.4, -0.2) is 27.7 Å². The van der Waals surface area contributed by atoms with Crippen LogP contribution in [0.25, 0.3) is 11.1 Å². The average molecular weight is 384 g/mol. The number of rotatable bonds is 6. The van der Waals surface area contributed by atoms with E-state index in [1.807, 2.05) is 12.1 Å². The molecular formula is C20H18ClN3O3. The molecule has 0 spiro atoms. The Morgan fingerprint density at radius 3 is 2.81 bits per heavy atom. The van der Waals surface area contributed by atoms with E-state index in [2.05, 4.69) is 15.5 Å². The van der Waals surface area contributed by atoms with E-state index < -0.39 is 0 Å². The third-order valence-corrected chi connectivity index (χ3v) is 4.75. The van der Waals surface area contributed by atoms with Crippen molar-refractivity contribution in [1.29, 1.82) is 0 Å². The quantitative estimate of drug-likeness (QED) is 0.673. The van der Waals surface area contributed by atoms with Crippen LogP contribution < -0.4 is 5.32 Å². The predicted molar refractivity (Wildman–Crippen MR) is 101 cm³/mol. The van der Waals surface area contributed by atoms with Gasteiger partial charge in [-0.25, -0.2) is 0 Å². The summed E-state index contributed by atoms with van der Waals surface area (Å²) in [6, 6.07) is 12.2. The van der Waals surface area contributed by atoms with Crippen molar-refractivity contribution in [1.82, 2.24) is 15.5 Å². The Hall–Kier alpha value is -2.86. The molecule has 0 unspecified atom stereocenters. The lowest BCUT2D eigenvalue weighted by atomic mass is 10.0. The fourth-order valence-electron chi connectivity index (χ4n) is 2.78. The minimum Gasteiger partial charge on any atom is -0.506 e. The topological polar surface area (TPSA) is 88.3 Å². The summed E-state index contributed by atoms with van der Waals surface area (Å²) in [5, 5.41) is 16.6. The van der Waals surface area contributed by atoms with E-state index in [0.717, 1.165) is 24.0 Å². The van der Waals surface area contributed by atoms with Gasteiger partial charge in [0.05, 0.1) is 5.02 Å². The highest BCUT2D eigenvalue weighted by molar-refractivity contribution is 6.32. The van der Waals surface area contributed by atoms with Gasteiger partial charge in [-0.15, -0.1) is 0 Å². The van der Waals surface area contributed by atoms with Gasteiger partial charge in [-0.3, -0.25) is 4.79 Å². The Morgan fingerprint density at radius 1 is 1.22 bits per heavy atom. The number of carbonyl (C=O) groups excluding carboxylic acids is 1. The van der Waals surface area contributed by atoms with Gasteiger partial charge in [0.1, 0.15) is 5.75 Å². The molecular weight excluding hydrogens is 366 g/mol. The molecule has 4 rings (SSSR count). The third-order valence-electron chi connectivity index (χ3n) is 4.45. The number of hydrogen-bond acceptors (Lipinski definition) is 5. The summed E-state index contributed by atoms with van der Waals surface area (Å²) in [6.45, 7) is 0.428. The number of aromatic hydroxyl groups is 1. The highest BCUT2D eigenvalue weighted by atomic mass is 35.5. The van der Waals surface area contributed by atoms with Crippen LogP contribution in [0.4, 0.5) is 0 Å². The van der Waals surface area contributed by atoms with Crippen LogP contribution in [0.1, 0.15) is 40.8 Å². The molecule has 1 saturated carbocycles. The number of phenols is 1. The van der Waals surface area contributed by atoms with Crippen molar-refractivity contribution in [2.75, 3.05) is 6.54 Å². The van der Waals surface area contributed by atoms with Gasteiger partial charge in [0.25, 0.3) is 5.91 Å². The van der Waals surface area contributed by atoms with Gasteiger partial charge in [0.15, 0.2) is 5.82 Å². The second kappa shape index (κ2) is 7.40. The second-order valence-electron chi connectivity index (χ2n) is 6.58. The lowest BCUT2D eigenvalue weighted by Crippen LogP contribution is -2.25. The summed E-state index contributed by atoms with van der Waals surface area (Å²) in [5.41, 5.74) is 2.21. The minimum atomic E-state index is -0.173. The van der Waals surface area contributed by atoms with E-state index in [1.54, 1.807) is 24.3 Å². The van der Waals surface area contributed by atoms with Crippen molar-refractivity contribution >= 4 is 17.5 Å². The fraction of sp³-hybridized carbons (Fsp3) is 0.250. The zero-order valence-corrected chi connectivity index (χ0v) is 15.2. The second-order valence-corrected chi connectivity index (χ2v) is 6.98. The van der Waals surface area contributed by atoms with Gasteiger partial charge >= 0.3 is 0 Å². The molecule has 1 fully saturated rings. The van der Waals surface area contributed by atoms with E-state index >= 15 is 0 Å². The molecule has 0 radical (unpaired) electrons. The average Bonchev–Trinajstić information content (AvgIpc) is 3.43. The van der Waals surface area contributed by atoms with Crippen molar-refractivity contribution in [2.45, 2.75) is 25.2 Å². The molecule has 1 aliphatic carbocycles. The molecule has 1 aromatic heterocycles. The third kappa shape index (κ3) is 4.11. The van der Waals surface area contributed by atoms with Gasteiger partial charge in [0, 0.05) is 24.4 Å². The van der Waals surface area contributed by atoms with E-state index in [9.17, 15) is 9.90 Å². The number of hydrogen-bond donors (Lipinski definition) is 2. The Balaban J connectivity index is 1.38. The molecule has 2 N–H and O–H groups in total. The fourth-order valence-corrected chi connectivity index (χ4v) is 2.96. The maximum Gasteiger partial charge on any atom is 0.251 e. The number of nitrogens with one attached hydrogen (secondary N) is 1. The van der Waals surface area contributed by atoms with Crippen molar-refractivity contribution in [3.63, 3.8) is 0 Å². The highest BCUT2D eigenvalue weighted by Crippen LogP contribution is 2.38. The van der Waals surface area contributed by atoms with Crippen LogP contribution in [0.5, 0.6) is 5.75 Å². The van der Waals surface area contributed by atoms with E-state index in [-0.39, 0.29) is 16.7 Å². The molecule has 1 aliphatic rings. The summed E-state index contributed by atoms with van der Waals surface area (Å²) in [4.78, 5) is 16.8. The first-order valence-electron chi connectivity index (χ1n) is 8.80. The van der Waals surface area contributed by atoms with E-state index in [1.165, 1.54) is 6.07 Å². The lowest BCUT2D eigenvalue weighted by Gasteiger charge is -2.07. The number of amides is 1. The lowest BCUT2D eigenvalue weighted by molar-refractivity contribution is 0.0954. The van der Waals surface area contributed by atoms with Gasteiger partial charge < -0.3 is 14.9 Å². The smallest absolute Gasteiger partial charge is 0.251 e. The number of nitrogens with zero attached hydrogens (tertiary/aromatic N) is 2. The Kier molecular flexibility index (Phi) is 4.81. The van der Waals surface area contributed by atoms with Crippen molar-refractivity contribution < 1.29 is 14.4 Å². The van der Waals surface area contributed by atoms with Crippen LogP contribution in [-0.2, 0) is 6.42 Å². The predicted octanol–water partition coefficient (Wildman–Crippen LogP) is 3.95. The highest BCUT2D eigenvalue weighted by Gasteiger charge is 2.29. The first-order chi connectivity index (χ1) is 13.1. The summed E-state index contributed by atoms with van der Waals surface area (Å²) >= 11 is 5.97. The summed E-state index contributed by atoms with van der Waals surface area (Å²) in [5.74, 6) is 1.60. The number of benzene rings is 2. The van der Waals surface area contributed by atoms with Crippen molar-refractivity contribution in [2.24, 2.45) is 0 Å². The standard InChI is InChI=1S/C20H18ClN3O3/c21-16-11-14(6-7-17(16)25)13-2-1-3-15(10-13)19(26)22-9-8-18-23-20(27-24-18)12-4-5-12/h1-3,6-7,10-12,25H,4-5,8-9H2,(H,22,26). The first-order valence-corrected chi connectivity index (χ1v) is 9.17. The molecule has 1 heterocycles. The zero-order chi connectivity index (χ0) is 18.8. The molecule has 1 amide bonds. The van der Waals surface area contributed by atoms with Crippen LogP contribution >= 0.6 is 11.6 Å². The Labute approximate surface area is 161 Å². The SMILES string of the molecule is O=C(NCCc1noc(C2CC2)n1)c1cccc(-c2ccc(O)c(Cl)c2)c1. The Morgan fingerprint density at radius 2 is 2.04 bits per heavy atom. The molecule has 2 aromatic carbocycles. The number of carbonyl (C=O) groups is 1. The van der Waals surface area contributed by atoms with Crippen LogP contribution in [0.2, 0.25) is 5.02 Å². The molecule has 0 atom stereocenters. The summed E-state index contributed by atoms with van der Waals surface area (Å²) < 4.78 is 5.21. The molecule has 7 heteroatoms. The van der Waals surface area contributed by atoms with Gasteiger partial charge in [-0.05, 0) is 48.2 Å². The Bertz CT molecular complexity index is 982. The van der Waals surface area contributed by atoms with Gasteiger partial charge in [0.2, 0.25) is 5.89 Å². The molecule has 27 heavy (non-hydrogen) atoms. The first kappa shape index (κ1) is 17.5. The number of phenolic OH excluding ortho intramolecular Hbond substituents is 1. The largest absolute Gasteiger partial charge is 0.506 e. The van der Waals surface area contributed by atoms with Gasteiger partial charge in [-0.1, -0.05) is 35.0 Å². The summed E-state index contributed by atoms with van der Waals surface area (Å²) in [6.07, 6.45) is 2.75. The van der Waals surface area contributed by atoms with Crippen LogP contribution in [0.15, 0.2) is 47.0 Å². The number of aromatic nitrogens is 2. The van der Waals surface area contributed by atoms with E-state index in [4.69, 9.17) is 16.1 Å². The van der Waals surface area contributed by atoms with Crippen LogP contribution in [0, 0.1) is 0 Å². The molecule has 0 aliphatic heterocycles. The monoisotopic (exact) mass is 383 g/mol. The summed E-state index contributed by atoms with van der Waals surface area (Å²) in [7, 11) is 0. The van der Waals surface area contributed by atoms with Crippen LogP contribution in [0.3, 0.4) is 0 Å². The zero-order valence-electron chi connectivity index (χ0n) is 14.5.